The van der Waals surface area contributed by atoms with E-state index in [0.29, 0.717) is 28.8 Å². The number of halogens is 1. The average Bonchev–Trinajstić information content (AvgIpc) is 2.78. The molecule has 0 unspecified atom stereocenters. The topological polar surface area (TPSA) is 128 Å². The van der Waals surface area contributed by atoms with E-state index < -0.39 is 0 Å². The van der Waals surface area contributed by atoms with Crippen molar-refractivity contribution in [2.75, 3.05) is 17.6 Å². The fourth-order valence-corrected chi connectivity index (χ4v) is 4.09. The zero-order chi connectivity index (χ0) is 23.4. The van der Waals surface area contributed by atoms with E-state index in [-0.39, 0.29) is 35.8 Å². The van der Waals surface area contributed by atoms with Gasteiger partial charge in [0.05, 0.1) is 24.6 Å². The molecule has 1 fully saturated rings. The number of benzene rings is 1. The molecule has 0 atom stereocenters. The third-order valence-corrected chi connectivity index (χ3v) is 6.36. The summed E-state index contributed by atoms with van der Waals surface area (Å²) in [7, 11) is 0. The van der Waals surface area contributed by atoms with Gasteiger partial charge in [-0.3, -0.25) is 19.1 Å². The molecule has 0 saturated heterocycles. The van der Waals surface area contributed by atoms with E-state index in [2.05, 4.69) is 25.6 Å². The van der Waals surface area contributed by atoms with E-state index in [9.17, 15) is 9.59 Å². The highest BCUT2D eigenvalue weighted by Gasteiger charge is 2.38. The summed E-state index contributed by atoms with van der Waals surface area (Å²) in [5, 5.41) is 6.68. The van der Waals surface area contributed by atoms with Crippen molar-refractivity contribution in [2.24, 2.45) is 0 Å². The predicted octanol–water partition coefficient (Wildman–Crippen LogP) is 2.43. The number of nitrogens with one attached hydrogen (secondary N) is 2. The number of aromatic nitrogens is 4. The first-order chi connectivity index (χ1) is 15.9. The molecule has 2 aromatic heterocycles. The summed E-state index contributed by atoms with van der Waals surface area (Å²) in [4.78, 5) is 37.8. The number of aryl methyl sites for hydroxylation is 1. The number of hydrogen-bond donors (Lipinski definition) is 3. The highest BCUT2D eigenvalue weighted by Crippen LogP contribution is 2.43. The second kappa shape index (κ2) is 9.58. The monoisotopic (exact) mass is 467 g/mol. The van der Waals surface area contributed by atoms with Gasteiger partial charge in [0, 0.05) is 28.9 Å². The summed E-state index contributed by atoms with van der Waals surface area (Å²) < 4.78 is 1.41. The van der Waals surface area contributed by atoms with Gasteiger partial charge in [0.2, 0.25) is 5.91 Å². The molecule has 1 aromatic carbocycles. The Bertz CT molecular complexity index is 1190. The van der Waals surface area contributed by atoms with E-state index in [1.807, 2.05) is 24.3 Å². The molecule has 33 heavy (non-hydrogen) atoms. The van der Waals surface area contributed by atoms with Crippen LogP contribution in [0.5, 0.6) is 0 Å². The largest absolute Gasteiger partial charge is 0.382 e. The Morgan fingerprint density at radius 2 is 1.91 bits per heavy atom. The van der Waals surface area contributed by atoms with Crippen molar-refractivity contribution in [3.63, 3.8) is 0 Å². The molecule has 1 saturated carbocycles. The minimum absolute atomic E-state index is 0.0497. The van der Waals surface area contributed by atoms with Crippen LogP contribution in [0.3, 0.4) is 0 Å². The average molecular weight is 468 g/mol. The molecule has 4 rings (SSSR count). The Morgan fingerprint density at radius 3 is 2.55 bits per heavy atom. The fourth-order valence-electron chi connectivity index (χ4n) is 3.96. The van der Waals surface area contributed by atoms with Gasteiger partial charge in [-0.15, -0.1) is 0 Å². The smallest absolute Gasteiger partial charge is 0.293 e. The molecule has 0 aliphatic heterocycles. The van der Waals surface area contributed by atoms with Crippen LogP contribution in [0.4, 0.5) is 11.6 Å². The van der Waals surface area contributed by atoms with Crippen molar-refractivity contribution < 1.29 is 4.79 Å². The second-order valence-corrected chi connectivity index (χ2v) is 8.78. The minimum atomic E-state index is -0.331. The standard InChI is InChI=1S/C23H26ClN7O2/c1-15-9-29-21(30-14-23(7-2-8-23)16-3-5-17(24)6-4-16)22(33)31(15)13-20(32)28-11-18-10-27-19(25)12-26-18/h3-6,9-10,12H,2,7-8,11,13-14H2,1H3,(H2,25,27)(H,28,32)(H,29,30). The van der Waals surface area contributed by atoms with Gasteiger partial charge in [0.15, 0.2) is 5.82 Å². The van der Waals surface area contributed by atoms with Crippen molar-refractivity contribution >= 4 is 29.1 Å². The van der Waals surface area contributed by atoms with Crippen molar-refractivity contribution in [1.29, 1.82) is 0 Å². The number of carbonyl (C=O) groups excluding carboxylic acids is 1. The van der Waals surface area contributed by atoms with E-state index in [0.717, 1.165) is 19.3 Å². The van der Waals surface area contributed by atoms with E-state index in [1.54, 1.807) is 13.1 Å². The molecule has 1 amide bonds. The lowest BCUT2D eigenvalue weighted by Gasteiger charge is -2.42. The Balaban J connectivity index is 1.43. The molecule has 172 valence electrons. The number of nitrogens with zero attached hydrogens (tertiary/aromatic N) is 4. The molecule has 0 radical (unpaired) electrons. The van der Waals surface area contributed by atoms with Crippen molar-refractivity contribution in [2.45, 2.75) is 44.7 Å². The Hall–Kier alpha value is -3.46. The maximum atomic E-state index is 13.0. The van der Waals surface area contributed by atoms with Crippen LogP contribution in [-0.2, 0) is 23.3 Å². The molecule has 1 aliphatic carbocycles. The predicted molar refractivity (Wildman–Crippen MR) is 127 cm³/mol. The summed E-state index contributed by atoms with van der Waals surface area (Å²) >= 11 is 6.04. The summed E-state index contributed by atoms with van der Waals surface area (Å²) in [6.45, 7) is 2.41. The van der Waals surface area contributed by atoms with Gasteiger partial charge in [0.1, 0.15) is 12.4 Å². The molecule has 4 N–H and O–H groups in total. The lowest BCUT2D eigenvalue weighted by molar-refractivity contribution is -0.121. The van der Waals surface area contributed by atoms with Crippen LogP contribution in [0.2, 0.25) is 5.02 Å². The molecule has 1 aliphatic rings. The maximum Gasteiger partial charge on any atom is 0.293 e. The van der Waals surface area contributed by atoms with Crippen LogP contribution in [-0.4, -0.2) is 32.0 Å². The van der Waals surface area contributed by atoms with Crippen LogP contribution in [0.15, 0.2) is 47.7 Å². The summed E-state index contributed by atoms with van der Waals surface area (Å²) in [6, 6.07) is 7.87. The summed E-state index contributed by atoms with van der Waals surface area (Å²) in [5.74, 6) is 0.231. The lowest BCUT2D eigenvalue weighted by atomic mass is 9.64. The normalized spacial score (nSPS) is 14.4. The first kappa shape index (κ1) is 22.7. The van der Waals surface area contributed by atoms with Crippen molar-refractivity contribution in [3.8, 4) is 0 Å². The first-order valence-corrected chi connectivity index (χ1v) is 11.1. The van der Waals surface area contributed by atoms with Gasteiger partial charge in [-0.25, -0.2) is 9.97 Å². The van der Waals surface area contributed by atoms with Crippen LogP contribution < -0.4 is 21.9 Å². The number of nitrogens with two attached hydrogens (primary N) is 1. The van der Waals surface area contributed by atoms with Crippen molar-refractivity contribution in [3.05, 3.63) is 75.2 Å². The van der Waals surface area contributed by atoms with Gasteiger partial charge >= 0.3 is 0 Å². The third-order valence-electron chi connectivity index (χ3n) is 6.11. The number of nitrogen functional groups attached to an aromatic ring is 1. The molecule has 10 heteroatoms. The SMILES string of the molecule is Cc1cnc(NCC2(c3ccc(Cl)cc3)CCC2)c(=O)n1CC(=O)NCc1cnc(N)cn1. The molecular weight excluding hydrogens is 442 g/mol. The van der Waals surface area contributed by atoms with Crippen LogP contribution in [0.1, 0.15) is 36.2 Å². The van der Waals surface area contributed by atoms with Gasteiger partial charge in [-0.05, 0) is 37.5 Å². The molecule has 9 nitrogen and oxygen atoms in total. The summed E-state index contributed by atoms with van der Waals surface area (Å²) in [6.07, 6.45) is 7.71. The quantitative estimate of drug-likeness (QED) is 0.464. The maximum absolute atomic E-state index is 13.0. The number of amides is 1. The number of anilines is 2. The summed E-state index contributed by atoms with van der Waals surface area (Å²) in [5.41, 5.74) is 7.51. The van der Waals surface area contributed by atoms with Gasteiger partial charge in [0.25, 0.3) is 5.56 Å². The zero-order valence-corrected chi connectivity index (χ0v) is 19.1. The minimum Gasteiger partial charge on any atom is -0.382 e. The Kier molecular flexibility index (Phi) is 6.60. The van der Waals surface area contributed by atoms with E-state index >= 15 is 0 Å². The number of hydrogen-bond acceptors (Lipinski definition) is 7. The zero-order valence-electron chi connectivity index (χ0n) is 18.3. The van der Waals surface area contributed by atoms with Gasteiger partial charge in [-0.2, -0.15) is 0 Å². The van der Waals surface area contributed by atoms with Crippen LogP contribution in [0.25, 0.3) is 0 Å². The van der Waals surface area contributed by atoms with E-state index in [1.165, 1.54) is 22.5 Å². The van der Waals surface area contributed by atoms with Gasteiger partial charge in [-0.1, -0.05) is 30.2 Å². The van der Waals surface area contributed by atoms with Crippen LogP contribution in [0, 0.1) is 6.92 Å². The van der Waals surface area contributed by atoms with E-state index in [4.69, 9.17) is 17.3 Å². The number of rotatable bonds is 8. The van der Waals surface area contributed by atoms with Crippen LogP contribution >= 0.6 is 11.6 Å². The Labute approximate surface area is 196 Å². The second-order valence-electron chi connectivity index (χ2n) is 8.34. The lowest BCUT2D eigenvalue weighted by Crippen LogP contribution is -2.42. The van der Waals surface area contributed by atoms with Crippen molar-refractivity contribution in [1.82, 2.24) is 24.8 Å². The highest BCUT2D eigenvalue weighted by molar-refractivity contribution is 6.30. The highest BCUT2D eigenvalue weighted by atomic mass is 35.5. The molecule has 0 spiro atoms. The molecular formula is C23H26ClN7O2. The third kappa shape index (κ3) is 5.14. The molecule has 2 heterocycles. The molecule has 3 aromatic rings. The fraction of sp³-hybridized carbons (Fsp3) is 0.348. The van der Waals surface area contributed by atoms with Gasteiger partial charge < -0.3 is 16.4 Å². The Morgan fingerprint density at radius 1 is 1.15 bits per heavy atom. The molecule has 0 bridgehead atoms. The number of carbonyl (C=O) groups is 1. The first-order valence-electron chi connectivity index (χ1n) is 10.8.